The molecule has 4 rings (SSSR count). The fourth-order valence-electron chi connectivity index (χ4n) is 4.03. The first kappa shape index (κ1) is 19.3. The van der Waals surface area contributed by atoms with Gasteiger partial charge in [-0.05, 0) is 31.0 Å². The van der Waals surface area contributed by atoms with Crippen molar-refractivity contribution in [3.05, 3.63) is 59.9 Å². The summed E-state index contributed by atoms with van der Waals surface area (Å²) in [6.45, 7) is 1.77. The Kier molecular flexibility index (Phi) is 5.45. The van der Waals surface area contributed by atoms with Crippen molar-refractivity contribution in [3.63, 3.8) is 0 Å². The van der Waals surface area contributed by atoms with Gasteiger partial charge < -0.3 is 23.9 Å². The lowest BCUT2D eigenvalue weighted by atomic mass is 9.73. The van der Waals surface area contributed by atoms with E-state index in [0.29, 0.717) is 31.1 Å². The highest BCUT2D eigenvalue weighted by Crippen LogP contribution is 2.39. The van der Waals surface area contributed by atoms with Gasteiger partial charge in [0.2, 0.25) is 0 Å². The maximum atomic E-state index is 12.9. The van der Waals surface area contributed by atoms with Gasteiger partial charge in [-0.3, -0.25) is 4.79 Å². The predicted molar refractivity (Wildman–Crippen MR) is 110 cm³/mol. The van der Waals surface area contributed by atoms with Crippen LogP contribution in [0.5, 0.6) is 11.5 Å². The van der Waals surface area contributed by atoms with Crippen molar-refractivity contribution < 1.29 is 23.4 Å². The third-order valence-corrected chi connectivity index (χ3v) is 5.67. The quantitative estimate of drug-likeness (QED) is 0.685. The summed E-state index contributed by atoms with van der Waals surface area (Å²) in [4.78, 5) is 12.9. The number of carbonyl (C=O) groups is 1. The molecule has 1 N–H and O–H groups in total. The van der Waals surface area contributed by atoms with E-state index in [9.17, 15) is 4.79 Å². The summed E-state index contributed by atoms with van der Waals surface area (Å²) in [6, 6.07) is 15.3. The zero-order valence-corrected chi connectivity index (χ0v) is 16.7. The van der Waals surface area contributed by atoms with Gasteiger partial charge in [-0.15, -0.1) is 0 Å². The van der Waals surface area contributed by atoms with E-state index >= 15 is 0 Å². The zero-order valence-electron chi connectivity index (χ0n) is 16.7. The Labute approximate surface area is 169 Å². The predicted octanol–water partition coefficient (Wildman–Crippen LogP) is 3.93. The van der Waals surface area contributed by atoms with Crippen molar-refractivity contribution in [2.75, 3.05) is 34.0 Å². The summed E-state index contributed by atoms with van der Waals surface area (Å²) >= 11 is 0. The van der Waals surface area contributed by atoms with Gasteiger partial charge in [0.15, 0.2) is 17.1 Å². The molecule has 0 atom stereocenters. The second-order valence-electron chi connectivity index (χ2n) is 7.26. The Morgan fingerprint density at radius 2 is 1.76 bits per heavy atom. The molecule has 1 aliphatic heterocycles. The fourth-order valence-corrected chi connectivity index (χ4v) is 4.03. The van der Waals surface area contributed by atoms with Crippen molar-refractivity contribution in [1.29, 1.82) is 0 Å². The number of amides is 1. The number of rotatable bonds is 6. The molecule has 29 heavy (non-hydrogen) atoms. The molecule has 1 aromatic heterocycles. The van der Waals surface area contributed by atoms with E-state index in [2.05, 4.69) is 11.4 Å². The van der Waals surface area contributed by atoms with Gasteiger partial charge in [-0.2, -0.15) is 0 Å². The first-order chi connectivity index (χ1) is 14.2. The minimum atomic E-state index is -0.246. The number of fused-ring (bicyclic) bond motifs is 1. The summed E-state index contributed by atoms with van der Waals surface area (Å²) in [6.07, 6.45) is 1.61. The molecular formula is C23H25NO5. The molecule has 0 spiro atoms. The molecule has 1 amide bonds. The first-order valence-electron chi connectivity index (χ1n) is 9.73. The summed E-state index contributed by atoms with van der Waals surface area (Å²) < 4.78 is 22.3. The fraction of sp³-hybridized carbons (Fsp3) is 0.348. The average Bonchev–Trinajstić information content (AvgIpc) is 3.22. The summed E-state index contributed by atoms with van der Waals surface area (Å²) in [7, 11) is 3.26. The largest absolute Gasteiger partial charge is 0.496 e. The maximum absolute atomic E-state index is 12.9. The van der Waals surface area contributed by atoms with Gasteiger partial charge in [0.1, 0.15) is 5.75 Å². The molecule has 0 aliphatic carbocycles. The monoisotopic (exact) mass is 395 g/mol. The van der Waals surface area contributed by atoms with Gasteiger partial charge in [0.05, 0.1) is 14.2 Å². The third-order valence-electron chi connectivity index (χ3n) is 5.67. The van der Waals surface area contributed by atoms with Crippen LogP contribution in [0, 0.1) is 0 Å². The normalized spacial score (nSPS) is 15.8. The molecule has 3 aromatic rings. The Morgan fingerprint density at radius 3 is 2.52 bits per heavy atom. The lowest BCUT2D eigenvalue weighted by molar-refractivity contribution is 0.0476. The number of methoxy groups -OCH3 is 2. The molecular weight excluding hydrogens is 370 g/mol. The molecule has 6 heteroatoms. The third kappa shape index (κ3) is 3.68. The lowest BCUT2D eigenvalue weighted by Crippen LogP contribution is -2.44. The van der Waals surface area contributed by atoms with E-state index in [4.69, 9.17) is 18.6 Å². The van der Waals surface area contributed by atoms with Crippen molar-refractivity contribution in [1.82, 2.24) is 5.32 Å². The standard InChI is InChI=1S/C23H25NO5/c1-26-18-8-4-3-7-17(18)23(10-12-28-13-11-23)15-24-22(25)20-14-16-6-5-9-19(27-2)21(16)29-20/h3-9,14H,10-13,15H2,1-2H3,(H,24,25). The molecule has 1 fully saturated rings. The molecule has 1 saturated heterocycles. The molecule has 2 heterocycles. The number of para-hydroxylation sites is 2. The van der Waals surface area contributed by atoms with E-state index in [1.165, 1.54) is 0 Å². The SMILES string of the molecule is COc1ccccc1C1(CNC(=O)c2cc3cccc(OC)c3o2)CCOCC1. The Balaban J connectivity index is 1.59. The van der Waals surface area contributed by atoms with E-state index < -0.39 is 0 Å². The number of furan rings is 1. The number of nitrogens with one attached hydrogen (secondary N) is 1. The van der Waals surface area contributed by atoms with Crippen LogP contribution in [0.15, 0.2) is 52.9 Å². The molecule has 0 saturated carbocycles. The van der Waals surface area contributed by atoms with Crippen molar-refractivity contribution in [2.24, 2.45) is 0 Å². The molecule has 2 aromatic carbocycles. The van der Waals surface area contributed by atoms with Gasteiger partial charge in [-0.25, -0.2) is 0 Å². The Morgan fingerprint density at radius 1 is 1.03 bits per heavy atom. The van der Waals surface area contributed by atoms with Crippen LogP contribution in [0.3, 0.4) is 0 Å². The van der Waals surface area contributed by atoms with E-state index in [0.717, 1.165) is 29.5 Å². The molecule has 152 valence electrons. The van der Waals surface area contributed by atoms with Crippen molar-refractivity contribution >= 4 is 16.9 Å². The smallest absolute Gasteiger partial charge is 0.287 e. The van der Waals surface area contributed by atoms with Crippen LogP contribution in [0.25, 0.3) is 11.0 Å². The minimum Gasteiger partial charge on any atom is -0.496 e. The second kappa shape index (κ2) is 8.17. The molecule has 0 unspecified atom stereocenters. The average molecular weight is 395 g/mol. The van der Waals surface area contributed by atoms with E-state index in [1.807, 2.05) is 36.4 Å². The number of carbonyl (C=O) groups excluding carboxylic acids is 1. The molecule has 0 radical (unpaired) electrons. The highest BCUT2D eigenvalue weighted by Gasteiger charge is 2.37. The van der Waals surface area contributed by atoms with Crippen LogP contribution in [-0.2, 0) is 10.2 Å². The van der Waals surface area contributed by atoms with Gasteiger partial charge in [0.25, 0.3) is 5.91 Å². The number of benzene rings is 2. The summed E-state index contributed by atoms with van der Waals surface area (Å²) in [5.41, 5.74) is 1.42. The van der Waals surface area contributed by atoms with Crippen LogP contribution in [0.4, 0.5) is 0 Å². The maximum Gasteiger partial charge on any atom is 0.287 e. The number of hydrogen-bond acceptors (Lipinski definition) is 5. The first-order valence-corrected chi connectivity index (χ1v) is 9.73. The molecule has 1 aliphatic rings. The topological polar surface area (TPSA) is 69.9 Å². The van der Waals surface area contributed by atoms with Crippen molar-refractivity contribution in [2.45, 2.75) is 18.3 Å². The highest BCUT2D eigenvalue weighted by molar-refractivity contribution is 5.97. The lowest BCUT2D eigenvalue weighted by Gasteiger charge is -2.38. The molecule has 0 bridgehead atoms. The Bertz CT molecular complexity index is 1000. The van der Waals surface area contributed by atoms with Crippen LogP contribution in [0.1, 0.15) is 29.0 Å². The summed E-state index contributed by atoms with van der Waals surface area (Å²) in [5, 5.41) is 3.91. The number of ether oxygens (including phenoxy) is 3. The van der Waals surface area contributed by atoms with Crippen LogP contribution >= 0.6 is 0 Å². The van der Waals surface area contributed by atoms with Gasteiger partial charge in [0, 0.05) is 36.1 Å². The van der Waals surface area contributed by atoms with Gasteiger partial charge >= 0.3 is 0 Å². The summed E-state index contributed by atoms with van der Waals surface area (Å²) in [5.74, 6) is 1.46. The van der Waals surface area contributed by atoms with E-state index in [-0.39, 0.29) is 17.1 Å². The van der Waals surface area contributed by atoms with Crippen molar-refractivity contribution in [3.8, 4) is 11.5 Å². The zero-order chi connectivity index (χ0) is 20.3. The second-order valence-corrected chi connectivity index (χ2v) is 7.26. The van der Waals surface area contributed by atoms with E-state index in [1.54, 1.807) is 20.3 Å². The van der Waals surface area contributed by atoms with Crippen LogP contribution in [0.2, 0.25) is 0 Å². The molecule has 6 nitrogen and oxygen atoms in total. The number of hydrogen-bond donors (Lipinski definition) is 1. The Hall–Kier alpha value is -2.99. The minimum absolute atomic E-state index is 0.246. The van der Waals surface area contributed by atoms with Crippen LogP contribution < -0.4 is 14.8 Å². The highest BCUT2D eigenvalue weighted by atomic mass is 16.5. The van der Waals surface area contributed by atoms with Gasteiger partial charge in [-0.1, -0.05) is 30.3 Å². The van der Waals surface area contributed by atoms with Crippen LogP contribution in [-0.4, -0.2) is 39.9 Å².